The van der Waals surface area contributed by atoms with E-state index >= 15 is 0 Å². The molecule has 1 aliphatic heterocycles. The summed E-state index contributed by atoms with van der Waals surface area (Å²) in [4.78, 5) is 0. The third kappa shape index (κ3) is 3.68. The molecule has 1 aromatic rings. The first-order chi connectivity index (χ1) is 8.28. The van der Waals surface area contributed by atoms with E-state index in [2.05, 4.69) is 10.4 Å². The molecule has 1 fully saturated rings. The molecule has 0 aromatic heterocycles. The predicted molar refractivity (Wildman–Crippen MR) is 66.0 cm³/mol. The van der Waals surface area contributed by atoms with Crippen molar-refractivity contribution < 1.29 is 9.50 Å². The number of hydrazine groups is 1. The number of hydrogen-bond acceptors (Lipinski definition) is 3. The monoisotopic (exact) mass is 238 g/mol. The summed E-state index contributed by atoms with van der Waals surface area (Å²) in [6, 6.07) is 6.51. The average Bonchev–Trinajstić information content (AvgIpc) is 2.32. The Kier molecular flexibility index (Phi) is 4.34. The first-order valence-corrected chi connectivity index (χ1v) is 6.16. The first-order valence-electron chi connectivity index (χ1n) is 6.16. The van der Waals surface area contributed by atoms with Gasteiger partial charge < -0.3 is 10.5 Å². The van der Waals surface area contributed by atoms with Gasteiger partial charge in [0.1, 0.15) is 5.82 Å². The lowest BCUT2D eigenvalue weighted by Gasteiger charge is -2.32. The van der Waals surface area contributed by atoms with E-state index in [0.29, 0.717) is 5.92 Å². The summed E-state index contributed by atoms with van der Waals surface area (Å²) in [5.74, 6) is 0.413. The van der Waals surface area contributed by atoms with Crippen LogP contribution in [0.4, 0.5) is 10.1 Å². The normalized spacial score (nSPS) is 18.2. The van der Waals surface area contributed by atoms with Crippen molar-refractivity contribution in [1.29, 1.82) is 0 Å². The van der Waals surface area contributed by atoms with E-state index in [4.69, 9.17) is 5.11 Å². The van der Waals surface area contributed by atoms with Crippen LogP contribution >= 0.6 is 0 Å². The fraction of sp³-hybridized carbons (Fsp3) is 0.538. The highest BCUT2D eigenvalue weighted by atomic mass is 19.1. The van der Waals surface area contributed by atoms with Gasteiger partial charge in [-0.2, -0.15) is 0 Å². The zero-order chi connectivity index (χ0) is 12.1. The third-order valence-corrected chi connectivity index (χ3v) is 3.26. The Morgan fingerprint density at radius 1 is 1.35 bits per heavy atom. The molecule has 1 heterocycles. The summed E-state index contributed by atoms with van der Waals surface area (Å²) in [5, 5.41) is 11.0. The highest BCUT2D eigenvalue weighted by Gasteiger charge is 2.18. The zero-order valence-electron chi connectivity index (χ0n) is 9.90. The van der Waals surface area contributed by atoms with Crippen molar-refractivity contribution in [1.82, 2.24) is 5.01 Å². The molecule has 1 aliphatic rings. The van der Waals surface area contributed by atoms with Crippen LogP contribution in [0.15, 0.2) is 24.3 Å². The predicted octanol–water partition coefficient (Wildman–Crippen LogP) is 2.25. The number of halogens is 1. The van der Waals surface area contributed by atoms with Gasteiger partial charge in [0.15, 0.2) is 0 Å². The van der Waals surface area contributed by atoms with Crippen LogP contribution in [0.25, 0.3) is 0 Å². The van der Waals surface area contributed by atoms with Gasteiger partial charge in [0, 0.05) is 19.7 Å². The lowest BCUT2D eigenvalue weighted by molar-refractivity contribution is 0.179. The number of rotatable bonds is 4. The second-order valence-corrected chi connectivity index (χ2v) is 4.56. The number of nitrogens with one attached hydrogen (secondary N) is 1. The van der Waals surface area contributed by atoms with Gasteiger partial charge in [-0.15, -0.1) is 0 Å². The number of nitrogens with zero attached hydrogens (tertiary/aromatic N) is 1. The minimum atomic E-state index is -0.217. The topological polar surface area (TPSA) is 35.5 Å². The van der Waals surface area contributed by atoms with E-state index in [1.54, 1.807) is 6.07 Å². The maximum Gasteiger partial charge on any atom is 0.125 e. The smallest absolute Gasteiger partial charge is 0.125 e. The van der Waals surface area contributed by atoms with Gasteiger partial charge in [-0.3, -0.25) is 0 Å². The summed E-state index contributed by atoms with van der Waals surface area (Å²) in [6.45, 7) is 2.17. The summed E-state index contributed by atoms with van der Waals surface area (Å²) in [7, 11) is 0. The van der Waals surface area contributed by atoms with Crippen LogP contribution in [0.2, 0.25) is 0 Å². The van der Waals surface area contributed by atoms with Gasteiger partial charge in [-0.1, -0.05) is 6.07 Å². The number of benzene rings is 1. The first kappa shape index (κ1) is 12.3. The Bertz CT molecular complexity index is 351. The zero-order valence-corrected chi connectivity index (χ0v) is 9.90. The van der Waals surface area contributed by atoms with Crippen LogP contribution in [0.3, 0.4) is 0 Å². The van der Waals surface area contributed by atoms with Crippen LogP contribution in [0.1, 0.15) is 19.3 Å². The lowest BCUT2D eigenvalue weighted by atomic mass is 9.95. The lowest BCUT2D eigenvalue weighted by Crippen LogP contribution is -2.38. The Balaban J connectivity index is 1.82. The molecular weight excluding hydrogens is 219 g/mol. The highest BCUT2D eigenvalue weighted by Crippen LogP contribution is 2.21. The largest absolute Gasteiger partial charge is 0.396 e. The number of aliphatic hydroxyl groups is 1. The van der Waals surface area contributed by atoms with Gasteiger partial charge in [0.05, 0.1) is 5.69 Å². The average molecular weight is 238 g/mol. The molecule has 94 valence electrons. The molecule has 0 aliphatic carbocycles. The molecule has 0 unspecified atom stereocenters. The number of anilines is 1. The Morgan fingerprint density at radius 2 is 2.12 bits per heavy atom. The van der Waals surface area contributed by atoms with Crippen molar-refractivity contribution in [3.8, 4) is 0 Å². The summed E-state index contributed by atoms with van der Waals surface area (Å²) < 4.78 is 13.0. The second-order valence-electron chi connectivity index (χ2n) is 4.56. The Labute approximate surface area is 101 Å². The molecule has 3 nitrogen and oxygen atoms in total. The SMILES string of the molecule is OCCC1CCN(Nc2cccc(F)c2)CC1. The van der Waals surface area contributed by atoms with Gasteiger partial charge in [-0.05, 0) is 43.4 Å². The Hall–Kier alpha value is -1.13. The van der Waals surface area contributed by atoms with E-state index in [1.807, 2.05) is 6.07 Å². The molecule has 1 aromatic carbocycles. The fourth-order valence-corrected chi connectivity index (χ4v) is 2.26. The quantitative estimate of drug-likeness (QED) is 0.844. The maximum atomic E-state index is 13.0. The molecule has 1 saturated heterocycles. The van der Waals surface area contributed by atoms with Crippen molar-refractivity contribution in [2.45, 2.75) is 19.3 Å². The molecule has 0 spiro atoms. The van der Waals surface area contributed by atoms with Crippen LogP contribution < -0.4 is 5.43 Å². The van der Waals surface area contributed by atoms with Gasteiger partial charge in [0.2, 0.25) is 0 Å². The summed E-state index contributed by atoms with van der Waals surface area (Å²) >= 11 is 0. The van der Waals surface area contributed by atoms with Crippen molar-refractivity contribution in [3.63, 3.8) is 0 Å². The minimum Gasteiger partial charge on any atom is -0.396 e. The van der Waals surface area contributed by atoms with E-state index in [-0.39, 0.29) is 12.4 Å². The van der Waals surface area contributed by atoms with Crippen LogP contribution in [-0.2, 0) is 0 Å². The van der Waals surface area contributed by atoms with Crippen molar-refractivity contribution in [2.75, 3.05) is 25.1 Å². The maximum absolute atomic E-state index is 13.0. The van der Waals surface area contributed by atoms with Crippen molar-refractivity contribution in [3.05, 3.63) is 30.1 Å². The van der Waals surface area contributed by atoms with E-state index in [0.717, 1.165) is 38.0 Å². The van der Waals surface area contributed by atoms with Gasteiger partial charge >= 0.3 is 0 Å². The molecule has 4 heteroatoms. The summed E-state index contributed by atoms with van der Waals surface area (Å²) in [6.07, 6.45) is 3.07. The van der Waals surface area contributed by atoms with Crippen LogP contribution in [0.5, 0.6) is 0 Å². The van der Waals surface area contributed by atoms with Crippen LogP contribution in [0, 0.1) is 11.7 Å². The van der Waals surface area contributed by atoms with Crippen LogP contribution in [-0.4, -0.2) is 29.8 Å². The number of hydrogen-bond donors (Lipinski definition) is 2. The standard InChI is InChI=1S/C13H19FN2O/c14-12-2-1-3-13(10-12)15-16-7-4-11(5-8-16)6-9-17/h1-3,10-11,15,17H,4-9H2. The molecule has 17 heavy (non-hydrogen) atoms. The molecule has 0 radical (unpaired) electrons. The Morgan fingerprint density at radius 3 is 2.76 bits per heavy atom. The molecular formula is C13H19FN2O. The molecule has 0 amide bonds. The second kappa shape index (κ2) is 5.98. The minimum absolute atomic E-state index is 0.217. The van der Waals surface area contributed by atoms with E-state index in [1.165, 1.54) is 12.1 Å². The fourth-order valence-electron chi connectivity index (χ4n) is 2.26. The molecule has 2 rings (SSSR count). The number of aliphatic hydroxyl groups excluding tert-OH is 1. The van der Waals surface area contributed by atoms with Crippen molar-refractivity contribution >= 4 is 5.69 Å². The molecule has 0 atom stereocenters. The number of piperidine rings is 1. The van der Waals surface area contributed by atoms with Gasteiger partial charge in [0.25, 0.3) is 0 Å². The molecule has 0 bridgehead atoms. The molecule has 2 N–H and O–H groups in total. The highest BCUT2D eigenvalue weighted by molar-refractivity contribution is 5.42. The van der Waals surface area contributed by atoms with E-state index < -0.39 is 0 Å². The molecule has 0 saturated carbocycles. The van der Waals surface area contributed by atoms with Crippen molar-refractivity contribution in [2.24, 2.45) is 5.92 Å². The van der Waals surface area contributed by atoms with E-state index in [9.17, 15) is 4.39 Å². The third-order valence-electron chi connectivity index (χ3n) is 3.26. The summed E-state index contributed by atoms with van der Waals surface area (Å²) in [5.41, 5.74) is 4.01. The van der Waals surface area contributed by atoms with Gasteiger partial charge in [-0.25, -0.2) is 9.40 Å².